The van der Waals surface area contributed by atoms with Crippen LogP contribution in [0.5, 0.6) is 0 Å². The van der Waals surface area contributed by atoms with E-state index in [2.05, 4.69) is 58.3 Å². The molecule has 108 valence electrons. The van der Waals surface area contributed by atoms with Crippen LogP contribution >= 0.6 is 11.8 Å². The zero-order chi connectivity index (χ0) is 14.0. The molecule has 0 bridgehead atoms. The van der Waals surface area contributed by atoms with Crippen molar-refractivity contribution in [3.63, 3.8) is 0 Å². The lowest BCUT2D eigenvalue weighted by molar-refractivity contribution is -0.00897. The second kappa shape index (κ2) is 6.15. The largest absolute Gasteiger partial charge is 0.329 e. The van der Waals surface area contributed by atoms with Gasteiger partial charge in [0.05, 0.1) is 0 Å². The topological polar surface area (TPSA) is 29.3 Å². The average molecular weight is 273 g/mol. The van der Waals surface area contributed by atoms with Crippen LogP contribution in [0.3, 0.4) is 0 Å². The molecule has 0 aromatic heterocycles. The first kappa shape index (κ1) is 16.3. The number of rotatable bonds is 5. The fourth-order valence-electron chi connectivity index (χ4n) is 3.32. The van der Waals surface area contributed by atoms with Crippen LogP contribution in [-0.2, 0) is 0 Å². The lowest BCUT2D eigenvalue weighted by atomic mass is 9.69. The summed E-state index contributed by atoms with van der Waals surface area (Å²) in [6, 6.07) is 0.603. The van der Waals surface area contributed by atoms with Crippen molar-refractivity contribution >= 4 is 11.8 Å². The van der Waals surface area contributed by atoms with Gasteiger partial charge in [-0.3, -0.25) is 4.90 Å². The molecule has 2 atom stereocenters. The summed E-state index contributed by atoms with van der Waals surface area (Å²) in [5.74, 6) is 3.20. The van der Waals surface area contributed by atoms with Crippen LogP contribution < -0.4 is 5.73 Å². The highest BCUT2D eigenvalue weighted by molar-refractivity contribution is 7.99. The molecule has 2 unspecified atom stereocenters. The first-order chi connectivity index (χ1) is 8.27. The standard InChI is InChI=1S/C15H32N2S/c1-12(2)9-13(3)17(6)15(10-16)11-18-8-7-14(15,4)5/h12-13H,7-11,16H2,1-6H3. The van der Waals surface area contributed by atoms with Crippen LogP contribution in [0.25, 0.3) is 0 Å². The summed E-state index contributed by atoms with van der Waals surface area (Å²) in [6.45, 7) is 12.5. The smallest absolute Gasteiger partial charge is 0.0472 e. The van der Waals surface area contributed by atoms with Crippen molar-refractivity contribution in [2.24, 2.45) is 17.1 Å². The molecule has 0 radical (unpaired) electrons. The molecule has 1 rings (SSSR count). The minimum atomic E-state index is 0.157. The second-order valence-electron chi connectivity index (χ2n) is 7.01. The molecule has 1 aliphatic rings. The van der Waals surface area contributed by atoms with Gasteiger partial charge < -0.3 is 5.73 Å². The molecule has 1 fully saturated rings. The molecule has 18 heavy (non-hydrogen) atoms. The summed E-state index contributed by atoms with van der Waals surface area (Å²) in [5, 5.41) is 0. The van der Waals surface area contributed by atoms with Crippen molar-refractivity contribution < 1.29 is 0 Å². The van der Waals surface area contributed by atoms with E-state index in [1.54, 1.807) is 0 Å². The van der Waals surface area contributed by atoms with Crippen molar-refractivity contribution in [3.8, 4) is 0 Å². The third-order valence-corrected chi connectivity index (χ3v) is 6.13. The minimum absolute atomic E-state index is 0.157. The Labute approximate surface area is 118 Å². The van der Waals surface area contributed by atoms with E-state index in [9.17, 15) is 0 Å². The number of hydrogen-bond donors (Lipinski definition) is 1. The Bertz CT molecular complexity index is 265. The van der Waals surface area contributed by atoms with Crippen molar-refractivity contribution in [3.05, 3.63) is 0 Å². The summed E-state index contributed by atoms with van der Waals surface area (Å²) >= 11 is 2.07. The molecule has 3 heteroatoms. The monoisotopic (exact) mass is 272 g/mol. The van der Waals surface area contributed by atoms with Crippen LogP contribution in [0.15, 0.2) is 0 Å². The number of thioether (sulfide) groups is 1. The number of likely N-dealkylation sites (N-methyl/N-ethyl adjacent to an activating group) is 1. The van der Waals surface area contributed by atoms with Crippen LogP contribution in [0.4, 0.5) is 0 Å². The van der Waals surface area contributed by atoms with Crippen molar-refractivity contribution in [1.82, 2.24) is 4.90 Å². The normalized spacial score (nSPS) is 29.8. The molecular weight excluding hydrogens is 240 g/mol. The Morgan fingerprint density at radius 1 is 1.28 bits per heavy atom. The van der Waals surface area contributed by atoms with Gasteiger partial charge in [-0.25, -0.2) is 0 Å². The van der Waals surface area contributed by atoms with Gasteiger partial charge in [-0.1, -0.05) is 27.7 Å². The minimum Gasteiger partial charge on any atom is -0.329 e. The maximum atomic E-state index is 6.23. The van der Waals surface area contributed by atoms with Crippen molar-refractivity contribution in [2.45, 2.75) is 59.0 Å². The van der Waals surface area contributed by atoms with Crippen LogP contribution in [-0.4, -0.2) is 41.6 Å². The van der Waals surface area contributed by atoms with Crippen molar-refractivity contribution in [2.75, 3.05) is 25.1 Å². The quantitative estimate of drug-likeness (QED) is 0.833. The predicted octanol–water partition coefficient (Wildman–Crippen LogP) is 3.21. The van der Waals surface area contributed by atoms with Gasteiger partial charge >= 0.3 is 0 Å². The van der Waals surface area contributed by atoms with Gasteiger partial charge in [-0.15, -0.1) is 0 Å². The van der Waals surface area contributed by atoms with Gasteiger partial charge in [0.15, 0.2) is 0 Å². The third-order valence-electron chi connectivity index (χ3n) is 4.96. The van der Waals surface area contributed by atoms with Crippen LogP contribution in [0.1, 0.15) is 47.5 Å². The Kier molecular flexibility index (Phi) is 5.58. The zero-order valence-corrected chi connectivity index (χ0v) is 13.9. The molecule has 0 amide bonds. The first-order valence-electron chi connectivity index (χ1n) is 7.27. The van der Waals surface area contributed by atoms with Gasteiger partial charge in [0, 0.05) is 23.9 Å². The van der Waals surface area contributed by atoms with E-state index in [-0.39, 0.29) is 5.54 Å². The molecule has 0 spiro atoms. The van der Waals surface area contributed by atoms with Crippen molar-refractivity contribution in [1.29, 1.82) is 0 Å². The summed E-state index contributed by atoms with van der Waals surface area (Å²) in [4.78, 5) is 2.58. The highest BCUT2D eigenvalue weighted by Crippen LogP contribution is 2.46. The third kappa shape index (κ3) is 3.05. The SMILES string of the molecule is CC(C)CC(C)N(C)C1(CN)CSCCC1(C)C. The fourth-order valence-corrected chi connectivity index (χ4v) is 5.17. The number of nitrogens with zero attached hydrogens (tertiary/aromatic N) is 1. The van der Waals surface area contributed by atoms with Gasteiger partial charge in [0.2, 0.25) is 0 Å². The van der Waals surface area contributed by atoms with E-state index < -0.39 is 0 Å². The van der Waals surface area contributed by atoms with E-state index in [0.717, 1.165) is 12.5 Å². The number of hydrogen-bond acceptors (Lipinski definition) is 3. The lowest BCUT2D eigenvalue weighted by Gasteiger charge is -2.56. The van der Waals surface area contributed by atoms with Gasteiger partial charge in [0.25, 0.3) is 0 Å². The molecule has 0 aromatic carbocycles. The molecule has 0 aromatic rings. The number of nitrogens with two attached hydrogens (primary N) is 1. The average Bonchev–Trinajstić information content (AvgIpc) is 2.27. The maximum absolute atomic E-state index is 6.23. The van der Waals surface area contributed by atoms with E-state index >= 15 is 0 Å². The van der Waals surface area contributed by atoms with Crippen LogP contribution in [0, 0.1) is 11.3 Å². The zero-order valence-electron chi connectivity index (χ0n) is 13.1. The van der Waals surface area contributed by atoms with E-state index in [4.69, 9.17) is 5.73 Å². The molecule has 2 nitrogen and oxygen atoms in total. The fraction of sp³-hybridized carbons (Fsp3) is 1.00. The maximum Gasteiger partial charge on any atom is 0.0472 e. The van der Waals surface area contributed by atoms with E-state index in [0.29, 0.717) is 11.5 Å². The first-order valence-corrected chi connectivity index (χ1v) is 8.43. The van der Waals surface area contributed by atoms with E-state index in [1.165, 1.54) is 24.3 Å². The predicted molar refractivity (Wildman–Crippen MR) is 84.2 cm³/mol. The molecule has 1 heterocycles. The van der Waals surface area contributed by atoms with Gasteiger partial charge in [0.1, 0.15) is 0 Å². The molecule has 0 aliphatic carbocycles. The summed E-state index contributed by atoms with van der Waals surface area (Å²) < 4.78 is 0. The van der Waals surface area contributed by atoms with E-state index in [1.807, 2.05) is 0 Å². The molecule has 1 aliphatic heterocycles. The Hall–Kier alpha value is 0.270. The summed E-state index contributed by atoms with van der Waals surface area (Å²) in [6.07, 6.45) is 2.52. The second-order valence-corrected chi connectivity index (χ2v) is 8.12. The Morgan fingerprint density at radius 2 is 1.89 bits per heavy atom. The highest BCUT2D eigenvalue weighted by Gasteiger charge is 2.49. The van der Waals surface area contributed by atoms with Crippen LogP contribution in [0.2, 0.25) is 0 Å². The van der Waals surface area contributed by atoms with Gasteiger partial charge in [-0.2, -0.15) is 11.8 Å². The van der Waals surface area contributed by atoms with Gasteiger partial charge in [-0.05, 0) is 43.9 Å². The lowest BCUT2D eigenvalue weighted by Crippen LogP contribution is -2.66. The summed E-state index contributed by atoms with van der Waals surface area (Å²) in [5.41, 5.74) is 6.70. The molecule has 1 saturated heterocycles. The highest BCUT2D eigenvalue weighted by atomic mass is 32.2. The molecular formula is C15H32N2S. The summed E-state index contributed by atoms with van der Waals surface area (Å²) in [7, 11) is 2.29. The Morgan fingerprint density at radius 3 is 2.33 bits per heavy atom. The molecule has 0 saturated carbocycles. The molecule has 2 N–H and O–H groups in total. The Balaban J connectivity index is 2.91.